The molecule has 0 aromatic carbocycles. The Morgan fingerprint density at radius 3 is 2.00 bits per heavy atom. The predicted molar refractivity (Wildman–Crippen MR) is 34.0 cm³/mol. The molecule has 2 aromatic rings. The largest absolute Gasteiger partial charge is 0.177 e. The van der Waals surface area contributed by atoms with Crippen LogP contribution < -0.4 is 0 Å². The zero-order chi connectivity index (χ0) is 7.78. The van der Waals surface area contributed by atoms with Crippen LogP contribution in [-0.2, 0) is 0 Å². The van der Waals surface area contributed by atoms with Gasteiger partial charge in [-0.1, -0.05) is 5.21 Å². The summed E-state index contributed by atoms with van der Waals surface area (Å²) < 4.78 is 0. The molecule has 2 rings (SSSR count). The lowest BCUT2D eigenvalue weighted by Gasteiger charge is -1.68. The Bertz CT molecular complexity index is 196. The molecule has 2 heterocycles. The monoisotopic (exact) mass is 151 g/mol. The van der Waals surface area contributed by atoms with Gasteiger partial charge in [0.1, 0.15) is 0 Å². The highest BCUT2D eigenvalue weighted by molar-refractivity contribution is 4.69. The van der Waals surface area contributed by atoms with E-state index in [1.807, 2.05) is 0 Å². The predicted octanol–water partition coefficient (Wildman–Crippen LogP) is -0.929. The maximum atomic E-state index is 3.42. The molecular weight excluding hydrogens is 146 g/mol. The average Bonchev–Trinajstić information content (AvgIpc) is 2.64. The van der Waals surface area contributed by atoms with Crippen LogP contribution in [-0.4, -0.2) is 36.0 Å². The fraction of sp³-hybridized carbons (Fsp3) is 0. The SMILES string of the molecule is c1cnnnc1.c1nn[nH]n1. The standard InChI is InChI=1S/C3H3N3.CH2N4/c1-2-4-6-5-3-1;1-2-4-5-3-1/h1-3H;1H,(H,2,3,4,5). The Kier molecular flexibility index (Phi) is 3.21. The molecule has 0 aliphatic carbocycles. The molecule has 2 aromatic heterocycles. The van der Waals surface area contributed by atoms with Crippen LogP contribution in [0.5, 0.6) is 0 Å². The summed E-state index contributed by atoms with van der Waals surface area (Å²) in [5, 5.41) is 22.3. The summed E-state index contributed by atoms with van der Waals surface area (Å²) in [6.07, 6.45) is 4.49. The molecule has 56 valence electrons. The molecule has 0 amide bonds. The van der Waals surface area contributed by atoms with Crippen molar-refractivity contribution in [3.8, 4) is 0 Å². The normalized spacial score (nSPS) is 8.00. The number of tetrazole rings is 1. The summed E-state index contributed by atoms with van der Waals surface area (Å²) in [4.78, 5) is 0. The molecule has 0 fully saturated rings. The van der Waals surface area contributed by atoms with Crippen LogP contribution in [0.4, 0.5) is 0 Å². The zero-order valence-electron chi connectivity index (χ0n) is 5.49. The molecule has 0 spiro atoms. The second-order valence-electron chi connectivity index (χ2n) is 1.37. The van der Waals surface area contributed by atoms with Crippen LogP contribution in [0.15, 0.2) is 24.8 Å². The second kappa shape index (κ2) is 4.91. The Balaban J connectivity index is 0.000000112. The van der Waals surface area contributed by atoms with Gasteiger partial charge in [0.05, 0.1) is 12.4 Å². The molecule has 7 nitrogen and oxygen atoms in total. The van der Waals surface area contributed by atoms with E-state index in [1.165, 1.54) is 6.33 Å². The molecule has 0 saturated carbocycles. The Morgan fingerprint density at radius 2 is 1.82 bits per heavy atom. The van der Waals surface area contributed by atoms with Gasteiger partial charge in [0.2, 0.25) is 0 Å². The molecule has 0 saturated heterocycles. The summed E-state index contributed by atoms with van der Waals surface area (Å²) in [7, 11) is 0. The summed E-state index contributed by atoms with van der Waals surface area (Å²) in [6, 6.07) is 1.72. The fourth-order valence-corrected chi connectivity index (χ4v) is 0.334. The van der Waals surface area contributed by atoms with E-state index in [2.05, 4.69) is 36.0 Å². The summed E-state index contributed by atoms with van der Waals surface area (Å²) in [5.41, 5.74) is 0. The molecule has 0 aliphatic heterocycles. The molecule has 0 unspecified atom stereocenters. The number of aromatic nitrogens is 7. The first kappa shape index (κ1) is 7.19. The number of aromatic amines is 1. The zero-order valence-corrected chi connectivity index (χ0v) is 5.49. The third-order valence-electron chi connectivity index (χ3n) is 0.678. The van der Waals surface area contributed by atoms with E-state index in [0.29, 0.717) is 0 Å². The van der Waals surface area contributed by atoms with Crippen molar-refractivity contribution in [2.45, 2.75) is 0 Å². The van der Waals surface area contributed by atoms with E-state index >= 15 is 0 Å². The Hall–Kier alpha value is -1.92. The van der Waals surface area contributed by atoms with Crippen molar-refractivity contribution in [3.63, 3.8) is 0 Å². The third kappa shape index (κ3) is 3.62. The highest BCUT2D eigenvalue weighted by Crippen LogP contribution is 1.61. The van der Waals surface area contributed by atoms with E-state index in [4.69, 9.17) is 0 Å². The number of hydrogen-bond acceptors (Lipinski definition) is 6. The maximum Gasteiger partial charge on any atom is 0.161 e. The first-order valence-corrected chi connectivity index (χ1v) is 2.75. The van der Waals surface area contributed by atoms with Crippen molar-refractivity contribution in [2.24, 2.45) is 0 Å². The number of rotatable bonds is 0. The molecule has 0 atom stereocenters. The summed E-state index contributed by atoms with van der Waals surface area (Å²) >= 11 is 0. The minimum Gasteiger partial charge on any atom is -0.177 e. The molecule has 7 heteroatoms. The van der Waals surface area contributed by atoms with Crippen molar-refractivity contribution in [1.82, 2.24) is 36.0 Å². The van der Waals surface area contributed by atoms with Crippen molar-refractivity contribution in [1.29, 1.82) is 0 Å². The van der Waals surface area contributed by atoms with Gasteiger partial charge >= 0.3 is 0 Å². The van der Waals surface area contributed by atoms with Crippen LogP contribution in [0.3, 0.4) is 0 Å². The topological polar surface area (TPSA) is 93.1 Å². The lowest BCUT2D eigenvalue weighted by atomic mass is 10.7. The van der Waals surface area contributed by atoms with Gasteiger partial charge < -0.3 is 0 Å². The third-order valence-corrected chi connectivity index (χ3v) is 0.678. The first-order valence-electron chi connectivity index (χ1n) is 2.75. The average molecular weight is 151 g/mol. The molecule has 1 N–H and O–H groups in total. The minimum atomic E-state index is 1.33. The smallest absolute Gasteiger partial charge is 0.161 e. The maximum absolute atomic E-state index is 3.42. The van der Waals surface area contributed by atoms with Gasteiger partial charge in [0.25, 0.3) is 0 Å². The number of hydrogen-bond donors (Lipinski definition) is 1. The minimum absolute atomic E-state index is 1.33. The van der Waals surface area contributed by atoms with Gasteiger partial charge in [-0.3, -0.25) is 0 Å². The summed E-state index contributed by atoms with van der Waals surface area (Å²) in [6.45, 7) is 0. The van der Waals surface area contributed by atoms with Crippen LogP contribution >= 0.6 is 0 Å². The van der Waals surface area contributed by atoms with Gasteiger partial charge in [-0.15, -0.1) is 20.4 Å². The number of nitrogens with one attached hydrogen (secondary N) is 1. The fourth-order valence-electron chi connectivity index (χ4n) is 0.334. The van der Waals surface area contributed by atoms with Gasteiger partial charge in [-0.05, 0) is 11.3 Å². The highest BCUT2D eigenvalue weighted by Gasteiger charge is 1.60. The van der Waals surface area contributed by atoms with E-state index < -0.39 is 0 Å². The number of nitrogens with zero attached hydrogens (tertiary/aromatic N) is 6. The van der Waals surface area contributed by atoms with E-state index in [0.717, 1.165) is 0 Å². The molecule has 0 bridgehead atoms. The highest BCUT2D eigenvalue weighted by atomic mass is 15.5. The van der Waals surface area contributed by atoms with Crippen LogP contribution in [0.25, 0.3) is 0 Å². The van der Waals surface area contributed by atoms with Gasteiger partial charge in [0.15, 0.2) is 6.33 Å². The van der Waals surface area contributed by atoms with Crippen LogP contribution in [0.2, 0.25) is 0 Å². The second-order valence-corrected chi connectivity index (χ2v) is 1.37. The van der Waals surface area contributed by atoms with Gasteiger partial charge in [-0.2, -0.15) is 5.21 Å². The van der Waals surface area contributed by atoms with Crippen molar-refractivity contribution >= 4 is 0 Å². The molecular formula is C4H5N7. The molecule has 0 radical (unpaired) electrons. The van der Waals surface area contributed by atoms with Crippen molar-refractivity contribution in [3.05, 3.63) is 24.8 Å². The van der Waals surface area contributed by atoms with Gasteiger partial charge in [0, 0.05) is 0 Å². The van der Waals surface area contributed by atoms with E-state index in [1.54, 1.807) is 18.5 Å². The molecule has 11 heavy (non-hydrogen) atoms. The first-order chi connectivity index (χ1) is 5.50. The number of H-pyrrole nitrogens is 1. The summed E-state index contributed by atoms with van der Waals surface area (Å²) in [5.74, 6) is 0. The lowest BCUT2D eigenvalue weighted by molar-refractivity contribution is 0.865. The van der Waals surface area contributed by atoms with E-state index in [-0.39, 0.29) is 0 Å². The quantitative estimate of drug-likeness (QED) is 0.523. The Morgan fingerprint density at radius 1 is 1.00 bits per heavy atom. The van der Waals surface area contributed by atoms with Gasteiger partial charge in [-0.25, -0.2) is 0 Å². The van der Waals surface area contributed by atoms with Crippen LogP contribution in [0, 0.1) is 0 Å². The van der Waals surface area contributed by atoms with Crippen molar-refractivity contribution in [2.75, 3.05) is 0 Å². The molecule has 0 aliphatic rings. The van der Waals surface area contributed by atoms with Crippen molar-refractivity contribution < 1.29 is 0 Å². The lowest BCUT2D eigenvalue weighted by Crippen LogP contribution is -1.78. The Labute approximate surface area is 61.9 Å². The van der Waals surface area contributed by atoms with E-state index in [9.17, 15) is 0 Å². The van der Waals surface area contributed by atoms with Crippen LogP contribution in [0.1, 0.15) is 0 Å².